The van der Waals surface area contributed by atoms with E-state index in [4.69, 9.17) is 0 Å². The summed E-state index contributed by atoms with van der Waals surface area (Å²) in [5.41, 5.74) is 0.158. The van der Waals surface area contributed by atoms with Crippen molar-refractivity contribution < 1.29 is 19.5 Å². The highest BCUT2D eigenvalue weighted by Crippen LogP contribution is 2.41. The molecular weight excluding hydrogens is 286 g/mol. The second-order valence-electron chi connectivity index (χ2n) is 5.33. The van der Waals surface area contributed by atoms with Crippen LogP contribution in [0.2, 0.25) is 0 Å². The van der Waals surface area contributed by atoms with Crippen molar-refractivity contribution in [2.75, 3.05) is 4.90 Å². The van der Waals surface area contributed by atoms with Gasteiger partial charge in [-0.15, -0.1) is 0 Å². The molecule has 1 aromatic carbocycles. The van der Waals surface area contributed by atoms with Crippen LogP contribution in [0.25, 0.3) is 10.8 Å². The minimum absolute atomic E-state index is 0.137. The van der Waals surface area contributed by atoms with E-state index >= 15 is 0 Å². The van der Waals surface area contributed by atoms with Crippen LogP contribution in [0.4, 0.5) is 5.82 Å². The standard InChI is InChI=1S/C15H11N3O4/c19-9-3-1-7-5-6-16-13-11(7)12(9)15(22)18(13)8-2-4-10(20)17-14(8)21/h1,3,5-6,8,19H,2,4H2,(H,17,20,21). The summed E-state index contributed by atoms with van der Waals surface area (Å²) >= 11 is 0. The number of imide groups is 1. The largest absolute Gasteiger partial charge is 0.507 e. The fourth-order valence-corrected chi connectivity index (χ4v) is 3.07. The normalized spacial score (nSPS) is 20.6. The van der Waals surface area contributed by atoms with Crippen molar-refractivity contribution in [1.82, 2.24) is 10.3 Å². The highest BCUT2D eigenvalue weighted by atomic mass is 16.3. The molecule has 2 N–H and O–H groups in total. The van der Waals surface area contributed by atoms with Crippen LogP contribution in [0.3, 0.4) is 0 Å². The van der Waals surface area contributed by atoms with E-state index in [9.17, 15) is 19.5 Å². The van der Waals surface area contributed by atoms with Gasteiger partial charge in [-0.1, -0.05) is 6.07 Å². The average Bonchev–Trinajstić information content (AvgIpc) is 2.78. The van der Waals surface area contributed by atoms with Gasteiger partial charge < -0.3 is 5.11 Å². The highest BCUT2D eigenvalue weighted by molar-refractivity contribution is 6.27. The molecule has 1 aromatic heterocycles. The molecule has 0 spiro atoms. The number of phenols is 1. The zero-order valence-electron chi connectivity index (χ0n) is 11.4. The molecule has 2 aliphatic rings. The van der Waals surface area contributed by atoms with Crippen LogP contribution in [0, 0.1) is 0 Å². The predicted octanol–water partition coefficient (Wildman–Crippen LogP) is 0.706. The molecule has 1 atom stereocenters. The topological polar surface area (TPSA) is 99.6 Å². The number of nitrogens with one attached hydrogen (secondary N) is 1. The zero-order chi connectivity index (χ0) is 15.4. The first-order valence-electron chi connectivity index (χ1n) is 6.86. The Morgan fingerprint density at radius 3 is 2.82 bits per heavy atom. The maximum absolute atomic E-state index is 12.7. The molecule has 1 unspecified atom stereocenters. The van der Waals surface area contributed by atoms with E-state index in [1.165, 1.54) is 11.0 Å². The summed E-state index contributed by atoms with van der Waals surface area (Å²) in [6, 6.07) is 4.09. The molecule has 3 heterocycles. The SMILES string of the molecule is O=C1CCC(N2C(=O)c3c(O)ccc4ccnc2c34)C(=O)N1. The third kappa shape index (κ3) is 1.56. The molecule has 4 rings (SSSR count). The lowest BCUT2D eigenvalue weighted by Gasteiger charge is -2.29. The summed E-state index contributed by atoms with van der Waals surface area (Å²) in [6.07, 6.45) is 1.96. The number of phenolic OH excluding ortho intramolecular Hbond substituents is 1. The second kappa shape index (κ2) is 4.27. The molecule has 7 heteroatoms. The molecule has 0 aliphatic carbocycles. The summed E-state index contributed by atoms with van der Waals surface area (Å²) in [5.74, 6) is -1.12. The van der Waals surface area contributed by atoms with Gasteiger partial charge in [0.1, 0.15) is 17.6 Å². The monoisotopic (exact) mass is 297 g/mol. The van der Waals surface area contributed by atoms with E-state index in [-0.39, 0.29) is 30.1 Å². The van der Waals surface area contributed by atoms with Crippen LogP contribution >= 0.6 is 0 Å². The third-order valence-electron chi connectivity index (χ3n) is 4.07. The van der Waals surface area contributed by atoms with Gasteiger partial charge in [0.2, 0.25) is 11.8 Å². The number of benzene rings is 1. The Kier molecular flexibility index (Phi) is 2.47. The number of pyridine rings is 1. The Bertz CT molecular complexity index is 861. The highest BCUT2D eigenvalue weighted by Gasteiger charge is 2.42. The number of anilines is 1. The molecular formula is C15H11N3O4. The number of piperidine rings is 1. The van der Waals surface area contributed by atoms with Crippen molar-refractivity contribution in [3.05, 3.63) is 30.0 Å². The zero-order valence-corrected chi connectivity index (χ0v) is 11.4. The van der Waals surface area contributed by atoms with Crippen molar-refractivity contribution in [3.63, 3.8) is 0 Å². The summed E-state index contributed by atoms with van der Waals surface area (Å²) < 4.78 is 0. The maximum Gasteiger partial charge on any atom is 0.264 e. The van der Waals surface area contributed by atoms with Crippen LogP contribution in [-0.2, 0) is 9.59 Å². The van der Waals surface area contributed by atoms with E-state index in [1.54, 1.807) is 18.3 Å². The first kappa shape index (κ1) is 12.8. The minimum Gasteiger partial charge on any atom is -0.507 e. The van der Waals surface area contributed by atoms with E-state index in [0.717, 1.165) is 5.39 Å². The number of hydrogen-bond acceptors (Lipinski definition) is 5. The van der Waals surface area contributed by atoms with Gasteiger partial charge in [0.15, 0.2) is 0 Å². The Morgan fingerprint density at radius 1 is 1.23 bits per heavy atom. The minimum atomic E-state index is -0.796. The van der Waals surface area contributed by atoms with Gasteiger partial charge in [-0.2, -0.15) is 0 Å². The molecule has 2 aliphatic heterocycles. The molecule has 3 amide bonds. The summed E-state index contributed by atoms with van der Waals surface area (Å²) in [5, 5.41) is 13.5. The quantitative estimate of drug-likeness (QED) is 0.755. The molecule has 1 fully saturated rings. The van der Waals surface area contributed by atoms with Gasteiger partial charge in [0.05, 0.1) is 5.56 Å². The average molecular weight is 297 g/mol. The molecule has 0 saturated carbocycles. The number of carbonyl (C=O) groups is 3. The molecule has 110 valence electrons. The van der Waals surface area contributed by atoms with E-state index in [2.05, 4.69) is 10.3 Å². The number of rotatable bonds is 1. The number of hydrogen-bond donors (Lipinski definition) is 2. The first-order chi connectivity index (χ1) is 10.6. The maximum atomic E-state index is 12.7. The van der Waals surface area contributed by atoms with Crippen LogP contribution < -0.4 is 10.2 Å². The lowest BCUT2D eigenvalue weighted by molar-refractivity contribution is -0.134. The molecule has 2 aromatic rings. The summed E-state index contributed by atoms with van der Waals surface area (Å²) in [7, 11) is 0. The number of carbonyl (C=O) groups excluding carboxylic acids is 3. The fourth-order valence-electron chi connectivity index (χ4n) is 3.07. The van der Waals surface area contributed by atoms with E-state index in [0.29, 0.717) is 11.2 Å². The van der Waals surface area contributed by atoms with Crippen molar-refractivity contribution in [2.45, 2.75) is 18.9 Å². The number of nitrogens with zero attached hydrogens (tertiary/aromatic N) is 2. The van der Waals surface area contributed by atoms with Crippen molar-refractivity contribution >= 4 is 34.3 Å². The fraction of sp³-hybridized carbons (Fsp3) is 0.200. The van der Waals surface area contributed by atoms with Crippen LogP contribution in [0.1, 0.15) is 23.2 Å². The molecule has 1 saturated heterocycles. The summed E-state index contributed by atoms with van der Waals surface area (Å²) in [4.78, 5) is 41.5. The van der Waals surface area contributed by atoms with Crippen molar-refractivity contribution in [2.24, 2.45) is 0 Å². The predicted molar refractivity (Wildman–Crippen MR) is 76.4 cm³/mol. The molecule has 0 radical (unpaired) electrons. The number of amides is 3. The van der Waals surface area contributed by atoms with E-state index < -0.39 is 17.9 Å². The van der Waals surface area contributed by atoms with E-state index in [1.807, 2.05) is 0 Å². The first-order valence-corrected chi connectivity index (χ1v) is 6.86. The lowest BCUT2D eigenvalue weighted by Crippen LogP contribution is -2.53. The second-order valence-corrected chi connectivity index (χ2v) is 5.33. The number of aromatic hydroxyl groups is 1. The molecule has 0 bridgehead atoms. The lowest BCUT2D eigenvalue weighted by atomic mass is 10.0. The summed E-state index contributed by atoms with van der Waals surface area (Å²) in [6.45, 7) is 0. The third-order valence-corrected chi connectivity index (χ3v) is 4.07. The van der Waals surface area contributed by atoms with Crippen LogP contribution in [-0.4, -0.2) is 33.9 Å². The van der Waals surface area contributed by atoms with Gasteiger partial charge in [-0.3, -0.25) is 24.6 Å². The van der Waals surface area contributed by atoms with Crippen molar-refractivity contribution in [3.8, 4) is 5.75 Å². The van der Waals surface area contributed by atoms with Crippen LogP contribution in [0.5, 0.6) is 5.75 Å². The molecule has 7 nitrogen and oxygen atoms in total. The van der Waals surface area contributed by atoms with Gasteiger partial charge in [0.25, 0.3) is 5.91 Å². The van der Waals surface area contributed by atoms with Gasteiger partial charge in [-0.05, 0) is 23.9 Å². The molecule has 22 heavy (non-hydrogen) atoms. The van der Waals surface area contributed by atoms with Gasteiger partial charge in [-0.25, -0.2) is 4.98 Å². The van der Waals surface area contributed by atoms with Gasteiger partial charge >= 0.3 is 0 Å². The Balaban J connectivity index is 1.89. The van der Waals surface area contributed by atoms with Crippen molar-refractivity contribution in [1.29, 1.82) is 0 Å². The number of aromatic nitrogens is 1. The Labute approximate surface area is 124 Å². The Hall–Kier alpha value is -2.96. The van der Waals surface area contributed by atoms with Crippen LogP contribution in [0.15, 0.2) is 24.4 Å². The Morgan fingerprint density at radius 2 is 2.05 bits per heavy atom. The smallest absolute Gasteiger partial charge is 0.264 e. The van der Waals surface area contributed by atoms with Gasteiger partial charge in [0, 0.05) is 18.0 Å².